The Labute approximate surface area is 189 Å². The van der Waals surface area contributed by atoms with Crippen molar-refractivity contribution in [1.29, 1.82) is 0 Å². The van der Waals surface area contributed by atoms with Crippen LogP contribution in [0.25, 0.3) is 11.0 Å². The molecular formula is C23H23BrN4O3. The first-order valence-corrected chi connectivity index (χ1v) is 11.0. The summed E-state index contributed by atoms with van der Waals surface area (Å²) in [5.41, 5.74) is 2.86. The number of hydrogen-bond acceptors (Lipinski definition) is 6. The maximum absolute atomic E-state index is 12.7. The first-order chi connectivity index (χ1) is 15.1. The maximum atomic E-state index is 12.7. The zero-order chi connectivity index (χ0) is 21.6. The normalized spacial score (nSPS) is 15.0. The number of hydrogen-bond donors (Lipinski definition) is 1. The zero-order valence-electron chi connectivity index (χ0n) is 17.0. The number of fused-ring (bicyclic) bond motifs is 1. The van der Waals surface area contributed by atoms with E-state index in [0.29, 0.717) is 24.4 Å². The van der Waals surface area contributed by atoms with E-state index < -0.39 is 6.09 Å². The van der Waals surface area contributed by atoms with Gasteiger partial charge in [-0.25, -0.2) is 4.79 Å². The van der Waals surface area contributed by atoms with E-state index in [2.05, 4.69) is 36.1 Å². The highest BCUT2D eigenvalue weighted by Gasteiger charge is 2.25. The van der Waals surface area contributed by atoms with Gasteiger partial charge in [-0.2, -0.15) is 0 Å². The Kier molecular flexibility index (Phi) is 6.89. The molecule has 0 atom stereocenters. The van der Waals surface area contributed by atoms with Gasteiger partial charge in [0.15, 0.2) is 5.78 Å². The van der Waals surface area contributed by atoms with Gasteiger partial charge in [-0.1, -0.05) is 28.1 Å². The van der Waals surface area contributed by atoms with Crippen LogP contribution >= 0.6 is 15.9 Å². The van der Waals surface area contributed by atoms with Crippen LogP contribution in [0.3, 0.4) is 0 Å². The lowest BCUT2D eigenvalue weighted by Gasteiger charge is -2.31. The van der Waals surface area contributed by atoms with Gasteiger partial charge in [0.1, 0.15) is 6.61 Å². The summed E-state index contributed by atoms with van der Waals surface area (Å²) in [7, 11) is 0. The van der Waals surface area contributed by atoms with Crippen molar-refractivity contribution in [3.63, 3.8) is 0 Å². The third-order valence-electron chi connectivity index (χ3n) is 5.44. The molecule has 1 aromatic heterocycles. The van der Waals surface area contributed by atoms with Gasteiger partial charge in [-0.05, 0) is 56.3 Å². The van der Waals surface area contributed by atoms with Crippen LogP contribution in [0.1, 0.15) is 23.2 Å². The van der Waals surface area contributed by atoms with Crippen molar-refractivity contribution in [3.8, 4) is 0 Å². The molecule has 1 amide bonds. The molecule has 0 saturated carbocycles. The SMILES string of the molecule is O=C(Nc1ccc2nccnc2c1)OCCN1CCC(C(=O)c2ccc(Br)cc2)CC1. The smallest absolute Gasteiger partial charge is 0.411 e. The van der Waals surface area contributed by atoms with Gasteiger partial charge >= 0.3 is 6.09 Å². The van der Waals surface area contributed by atoms with Gasteiger partial charge in [0.05, 0.1) is 11.0 Å². The van der Waals surface area contributed by atoms with Gasteiger partial charge in [0.25, 0.3) is 0 Å². The predicted molar refractivity (Wildman–Crippen MR) is 122 cm³/mol. The lowest BCUT2D eigenvalue weighted by molar-refractivity contribution is 0.0813. The molecular weight excluding hydrogens is 460 g/mol. The fourth-order valence-corrected chi connectivity index (χ4v) is 4.00. The number of benzene rings is 2. The highest BCUT2D eigenvalue weighted by Crippen LogP contribution is 2.23. The fraction of sp³-hybridized carbons (Fsp3) is 0.304. The molecule has 0 radical (unpaired) electrons. The third-order valence-corrected chi connectivity index (χ3v) is 5.97. The van der Waals surface area contributed by atoms with Crippen molar-refractivity contribution < 1.29 is 14.3 Å². The number of Topliss-reactive ketones (excluding diaryl/α,β-unsaturated/α-hetero) is 1. The summed E-state index contributed by atoms with van der Waals surface area (Å²) < 4.78 is 6.29. The van der Waals surface area contributed by atoms with E-state index in [1.165, 1.54) is 0 Å². The number of carbonyl (C=O) groups is 2. The Hall–Kier alpha value is -2.84. The number of aromatic nitrogens is 2. The molecule has 1 N–H and O–H groups in total. The maximum Gasteiger partial charge on any atom is 0.411 e. The number of nitrogens with one attached hydrogen (secondary N) is 1. The van der Waals surface area contributed by atoms with E-state index >= 15 is 0 Å². The Morgan fingerprint density at radius 2 is 1.74 bits per heavy atom. The number of ketones is 1. The van der Waals surface area contributed by atoms with Crippen molar-refractivity contribution in [2.75, 3.05) is 31.6 Å². The summed E-state index contributed by atoms with van der Waals surface area (Å²) in [4.78, 5) is 35.4. The van der Waals surface area contributed by atoms with Crippen LogP contribution < -0.4 is 5.32 Å². The molecule has 0 aliphatic carbocycles. The molecule has 31 heavy (non-hydrogen) atoms. The number of amides is 1. The third kappa shape index (κ3) is 5.65. The second-order valence-electron chi connectivity index (χ2n) is 7.51. The summed E-state index contributed by atoms with van der Waals surface area (Å²) in [6.45, 7) is 2.59. The minimum Gasteiger partial charge on any atom is -0.448 e. The minimum absolute atomic E-state index is 0.0534. The molecule has 1 saturated heterocycles. The molecule has 3 aromatic rings. The van der Waals surface area contributed by atoms with Crippen LogP contribution in [0.2, 0.25) is 0 Å². The van der Waals surface area contributed by atoms with E-state index in [-0.39, 0.29) is 11.7 Å². The molecule has 2 heterocycles. The van der Waals surface area contributed by atoms with Crippen LogP contribution in [0, 0.1) is 5.92 Å². The quantitative estimate of drug-likeness (QED) is 0.519. The number of anilines is 1. The number of nitrogens with zero attached hydrogens (tertiary/aromatic N) is 3. The molecule has 1 aliphatic heterocycles. The second-order valence-corrected chi connectivity index (χ2v) is 8.42. The van der Waals surface area contributed by atoms with E-state index in [9.17, 15) is 9.59 Å². The molecule has 2 aromatic carbocycles. The van der Waals surface area contributed by atoms with Crippen LogP contribution in [0.15, 0.2) is 59.3 Å². The van der Waals surface area contributed by atoms with Crippen LogP contribution in [-0.2, 0) is 4.74 Å². The average molecular weight is 483 g/mol. The molecule has 4 rings (SSSR count). The Morgan fingerprint density at radius 1 is 1.03 bits per heavy atom. The lowest BCUT2D eigenvalue weighted by atomic mass is 9.89. The van der Waals surface area contributed by atoms with Crippen LogP contribution in [-0.4, -0.2) is 53.0 Å². The zero-order valence-corrected chi connectivity index (χ0v) is 18.5. The predicted octanol–water partition coefficient (Wildman–Crippen LogP) is 4.54. The molecule has 0 spiro atoms. The molecule has 1 fully saturated rings. The monoisotopic (exact) mass is 482 g/mol. The second kappa shape index (κ2) is 9.98. The molecule has 0 bridgehead atoms. The minimum atomic E-state index is -0.497. The van der Waals surface area contributed by atoms with Gasteiger partial charge in [0.2, 0.25) is 0 Å². The highest BCUT2D eigenvalue weighted by molar-refractivity contribution is 9.10. The first kappa shape index (κ1) is 21.4. The largest absolute Gasteiger partial charge is 0.448 e. The molecule has 0 unspecified atom stereocenters. The van der Waals surface area contributed by atoms with Crippen molar-refractivity contribution in [2.45, 2.75) is 12.8 Å². The van der Waals surface area contributed by atoms with Gasteiger partial charge in [-0.15, -0.1) is 0 Å². The Bertz CT molecular complexity index is 1070. The fourth-order valence-electron chi connectivity index (χ4n) is 3.73. The number of carbonyl (C=O) groups excluding carboxylic acids is 2. The van der Waals surface area contributed by atoms with Crippen molar-refractivity contribution in [3.05, 3.63) is 64.9 Å². The van der Waals surface area contributed by atoms with Crippen molar-refractivity contribution >= 4 is 44.5 Å². The van der Waals surface area contributed by atoms with E-state index in [0.717, 1.165) is 41.5 Å². The van der Waals surface area contributed by atoms with Crippen LogP contribution in [0.4, 0.5) is 10.5 Å². The number of rotatable bonds is 6. The summed E-state index contributed by atoms with van der Waals surface area (Å²) in [5, 5.41) is 2.72. The van der Waals surface area contributed by atoms with Gasteiger partial charge < -0.3 is 4.74 Å². The lowest BCUT2D eigenvalue weighted by Crippen LogP contribution is -2.38. The van der Waals surface area contributed by atoms with Gasteiger partial charge in [0, 0.05) is 40.6 Å². The molecule has 160 valence electrons. The number of likely N-dealkylation sites (tertiary alicyclic amines) is 1. The average Bonchev–Trinajstić information content (AvgIpc) is 2.79. The molecule has 8 heteroatoms. The summed E-state index contributed by atoms with van der Waals surface area (Å²) in [5.74, 6) is 0.264. The van der Waals surface area contributed by atoms with Crippen LogP contribution in [0.5, 0.6) is 0 Å². The number of piperidine rings is 1. The van der Waals surface area contributed by atoms with Gasteiger partial charge in [-0.3, -0.25) is 25.0 Å². The van der Waals surface area contributed by atoms with E-state index in [1.54, 1.807) is 30.6 Å². The van der Waals surface area contributed by atoms with Crippen molar-refractivity contribution in [1.82, 2.24) is 14.9 Å². The summed E-state index contributed by atoms with van der Waals surface area (Å²) in [6, 6.07) is 12.9. The van der Waals surface area contributed by atoms with Crippen molar-refractivity contribution in [2.24, 2.45) is 5.92 Å². The molecule has 1 aliphatic rings. The Balaban J connectivity index is 1.18. The Morgan fingerprint density at radius 3 is 2.48 bits per heavy atom. The number of ether oxygens (including phenoxy) is 1. The summed E-state index contributed by atoms with van der Waals surface area (Å²) in [6.07, 6.45) is 4.38. The topological polar surface area (TPSA) is 84.4 Å². The first-order valence-electron chi connectivity index (χ1n) is 10.3. The highest BCUT2D eigenvalue weighted by atomic mass is 79.9. The standard InChI is InChI=1S/C23H23BrN4O3/c24-18-3-1-16(2-4-18)22(29)17-7-11-28(12-8-17)13-14-31-23(30)27-19-5-6-20-21(15-19)26-10-9-25-20/h1-6,9-10,15,17H,7-8,11-14H2,(H,27,30). The van der Waals surface area contributed by atoms with E-state index in [1.807, 2.05) is 24.3 Å². The van der Waals surface area contributed by atoms with E-state index in [4.69, 9.17) is 4.74 Å². The number of halogens is 1. The summed E-state index contributed by atoms with van der Waals surface area (Å²) >= 11 is 3.40. The molecule has 7 nitrogen and oxygen atoms in total.